The highest BCUT2D eigenvalue weighted by Gasteiger charge is 2.41. The minimum Gasteiger partial charge on any atom is -0.381 e. The third kappa shape index (κ3) is 2.44. The van der Waals surface area contributed by atoms with Crippen molar-refractivity contribution in [2.75, 3.05) is 5.32 Å². The van der Waals surface area contributed by atoms with Crippen LogP contribution in [0.1, 0.15) is 38.2 Å². The van der Waals surface area contributed by atoms with E-state index in [0.717, 1.165) is 23.4 Å². The molecule has 0 aliphatic heterocycles. The van der Waals surface area contributed by atoms with Crippen molar-refractivity contribution in [2.24, 2.45) is 17.8 Å². The zero-order valence-electron chi connectivity index (χ0n) is 11.2. The molecule has 1 aromatic carbocycles. The molecule has 19 heavy (non-hydrogen) atoms. The second-order valence-corrected chi connectivity index (χ2v) is 6.51. The number of halogens is 1. The van der Waals surface area contributed by atoms with E-state index in [1.165, 1.54) is 25.7 Å². The Morgan fingerprint density at radius 1 is 1.37 bits per heavy atom. The number of rotatable bonds is 3. The number of nitriles is 1. The first-order valence-electron chi connectivity index (χ1n) is 7.13. The van der Waals surface area contributed by atoms with Crippen LogP contribution in [-0.2, 0) is 0 Å². The van der Waals surface area contributed by atoms with Crippen molar-refractivity contribution in [2.45, 2.75) is 38.6 Å². The first kappa shape index (κ1) is 12.8. The quantitative estimate of drug-likeness (QED) is 0.884. The van der Waals surface area contributed by atoms with Crippen LogP contribution in [0.25, 0.3) is 0 Å². The molecule has 2 aliphatic rings. The Balaban J connectivity index is 1.73. The summed E-state index contributed by atoms with van der Waals surface area (Å²) in [5, 5.41) is 13.3. The van der Waals surface area contributed by atoms with Crippen molar-refractivity contribution < 1.29 is 0 Å². The lowest BCUT2D eigenvalue weighted by molar-refractivity contribution is 0.304. The zero-order chi connectivity index (χ0) is 13.4. The standard InChI is InChI=1S/C16H19ClN2/c1-10(15-7-11-2-3-12(15)6-11)19-16-5-4-14(17)8-13(16)9-18/h4-5,8,10-12,15,19H,2-3,6-7H2,1H3. The zero-order valence-corrected chi connectivity index (χ0v) is 12.0. The minimum atomic E-state index is 0.434. The van der Waals surface area contributed by atoms with Gasteiger partial charge in [-0.05, 0) is 62.1 Å². The van der Waals surface area contributed by atoms with E-state index in [-0.39, 0.29) is 0 Å². The Hall–Kier alpha value is -1.20. The summed E-state index contributed by atoms with van der Waals surface area (Å²) in [5.41, 5.74) is 1.56. The maximum atomic E-state index is 9.18. The second kappa shape index (κ2) is 5.06. The Bertz CT molecular complexity index is 520. The number of anilines is 1. The lowest BCUT2D eigenvalue weighted by atomic mass is 9.84. The highest BCUT2D eigenvalue weighted by molar-refractivity contribution is 6.30. The van der Waals surface area contributed by atoms with Crippen molar-refractivity contribution >= 4 is 17.3 Å². The SMILES string of the molecule is CC(Nc1ccc(Cl)cc1C#N)C1CC2CCC1C2. The molecule has 100 valence electrons. The maximum absolute atomic E-state index is 9.18. The topological polar surface area (TPSA) is 35.8 Å². The van der Waals surface area contributed by atoms with Crippen LogP contribution in [0.5, 0.6) is 0 Å². The molecule has 2 aliphatic carbocycles. The first-order chi connectivity index (χ1) is 9.17. The summed E-state index contributed by atoms with van der Waals surface area (Å²) in [6, 6.07) is 8.15. The summed E-state index contributed by atoms with van der Waals surface area (Å²) in [6.07, 6.45) is 5.60. The van der Waals surface area contributed by atoms with Gasteiger partial charge in [-0.3, -0.25) is 0 Å². The van der Waals surface area contributed by atoms with Gasteiger partial charge >= 0.3 is 0 Å². The Labute approximate surface area is 119 Å². The fraction of sp³-hybridized carbons (Fsp3) is 0.562. The van der Waals surface area contributed by atoms with Gasteiger partial charge in [0.25, 0.3) is 0 Å². The Morgan fingerprint density at radius 2 is 2.21 bits per heavy atom. The molecule has 4 atom stereocenters. The minimum absolute atomic E-state index is 0.434. The van der Waals surface area contributed by atoms with Crippen LogP contribution in [0.2, 0.25) is 5.02 Å². The number of hydrogen-bond donors (Lipinski definition) is 1. The molecule has 2 nitrogen and oxygen atoms in total. The largest absolute Gasteiger partial charge is 0.381 e. The molecule has 2 saturated carbocycles. The number of nitrogens with one attached hydrogen (secondary N) is 1. The smallest absolute Gasteiger partial charge is 0.101 e. The van der Waals surface area contributed by atoms with Gasteiger partial charge < -0.3 is 5.32 Å². The van der Waals surface area contributed by atoms with Crippen LogP contribution in [0, 0.1) is 29.1 Å². The predicted octanol–water partition coefficient (Wildman–Crippen LogP) is 4.45. The van der Waals surface area contributed by atoms with Gasteiger partial charge in [-0.2, -0.15) is 5.26 Å². The van der Waals surface area contributed by atoms with E-state index in [1.54, 1.807) is 6.07 Å². The van der Waals surface area contributed by atoms with Crippen LogP contribution in [0.15, 0.2) is 18.2 Å². The molecule has 3 rings (SSSR count). The molecule has 0 spiro atoms. The van der Waals surface area contributed by atoms with E-state index in [1.807, 2.05) is 12.1 Å². The molecular weight excluding hydrogens is 256 g/mol. The summed E-state index contributed by atoms with van der Waals surface area (Å²) in [5.74, 6) is 2.62. The van der Waals surface area contributed by atoms with E-state index in [0.29, 0.717) is 16.6 Å². The summed E-state index contributed by atoms with van der Waals surface area (Å²) in [6.45, 7) is 2.25. The molecular formula is C16H19ClN2. The van der Waals surface area contributed by atoms with Gasteiger partial charge in [0.05, 0.1) is 11.3 Å². The Morgan fingerprint density at radius 3 is 2.84 bits per heavy atom. The van der Waals surface area contributed by atoms with Crippen LogP contribution in [0.3, 0.4) is 0 Å². The number of benzene rings is 1. The van der Waals surface area contributed by atoms with E-state index >= 15 is 0 Å². The second-order valence-electron chi connectivity index (χ2n) is 6.07. The van der Waals surface area contributed by atoms with E-state index in [4.69, 9.17) is 11.6 Å². The maximum Gasteiger partial charge on any atom is 0.101 e. The van der Waals surface area contributed by atoms with Crippen LogP contribution in [-0.4, -0.2) is 6.04 Å². The average molecular weight is 275 g/mol. The fourth-order valence-corrected chi connectivity index (χ4v) is 4.17. The summed E-state index contributed by atoms with van der Waals surface area (Å²) < 4.78 is 0. The monoisotopic (exact) mass is 274 g/mol. The lowest BCUT2D eigenvalue weighted by Gasteiger charge is -2.29. The number of nitrogens with zero attached hydrogens (tertiary/aromatic N) is 1. The van der Waals surface area contributed by atoms with Gasteiger partial charge in [0.1, 0.15) is 6.07 Å². The Kier molecular flexibility index (Phi) is 3.41. The lowest BCUT2D eigenvalue weighted by Crippen LogP contribution is -2.30. The molecule has 0 amide bonds. The van der Waals surface area contributed by atoms with E-state index in [2.05, 4.69) is 18.3 Å². The normalized spacial score (nSPS) is 30.1. The fourth-order valence-electron chi connectivity index (χ4n) is 3.99. The van der Waals surface area contributed by atoms with Gasteiger partial charge in [-0.25, -0.2) is 0 Å². The molecule has 0 saturated heterocycles. The molecule has 0 aromatic heterocycles. The van der Waals surface area contributed by atoms with Crippen LogP contribution < -0.4 is 5.32 Å². The highest BCUT2D eigenvalue weighted by Crippen LogP contribution is 2.49. The average Bonchev–Trinajstić information content (AvgIpc) is 3.03. The first-order valence-corrected chi connectivity index (χ1v) is 7.51. The molecule has 1 N–H and O–H groups in total. The summed E-state index contributed by atoms with van der Waals surface area (Å²) >= 11 is 5.93. The van der Waals surface area contributed by atoms with Crippen LogP contribution in [0.4, 0.5) is 5.69 Å². The molecule has 4 unspecified atom stereocenters. The predicted molar refractivity (Wildman–Crippen MR) is 78.2 cm³/mol. The third-order valence-corrected chi connectivity index (χ3v) is 5.16. The van der Waals surface area contributed by atoms with Gasteiger partial charge in [-0.1, -0.05) is 18.0 Å². The van der Waals surface area contributed by atoms with Crippen molar-refractivity contribution in [3.8, 4) is 6.07 Å². The van der Waals surface area contributed by atoms with Crippen molar-refractivity contribution in [3.05, 3.63) is 28.8 Å². The number of fused-ring (bicyclic) bond motifs is 2. The summed E-state index contributed by atoms with van der Waals surface area (Å²) in [4.78, 5) is 0. The summed E-state index contributed by atoms with van der Waals surface area (Å²) in [7, 11) is 0. The third-order valence-electron chi connectivity index (χ3n) is 4.92. The van der Waals surface area contributed by atoms with Crippen molar-refractivity contribution in [1.29, 1.82) is 5.26 Å². The number of hydrogen-bond acceptors (Lipinski definition) is 2. The van der Waals surface area contributed by atoms with E-state index < -0.39 is 0 Å². The molecule has 0 radical (unpaired) electrons. The van der Waals surface area contributed by atoms with Crippen LogP contribution >= 0.6 is 11.6 Å². The van der Waals surface area contributed by atoms with Gasteiger partial charge in [0.15, 0.2) is 0 Å². The van der Waals surface area contributed by atoms with Gasteiger partial charge in [0, 0.05) is 11.1 Å². The molecule has 0 heterocycles. The molecule has 2 fully saturated rings. The van der Waals surface area contributed by atoms with Crippen molar-refractivity contribution in [1.82, 2.24) is 0 Å². The molecule has 3 heteroatoms. The van der Waals surface area contributed by atoms with Gasteiger partial charge in [-0.15, -0.1) is 0 Å². The van der Waals surface area contributed by atoms with E-state index in [9.17, 15) is 5.26 Å². The molecule has 1 aromatic rings. The molecule has 2 bridgehead atoms. The van der Waals surface area contributed by atoms with Gasteiger partial charge in [0.2, 0.25) is 0 Å². The van der Waals surface area contributed by atoms with Crippen molar-refractivity contribution in [3.63, 3.8) is 0 Å². The highest BCUT2D eigenvalue weighted by atomic mass is 35.5.